The van der Waals surface area contributed by atoms with Gasteiger partial charge in [0.15, 0.2) is 0 Å². The lowest BCUT2D eigenvalue weighted by molar-refractivity contribution is -0.0417. The zero-order valence-electron chi connectivity index (χ0n) is 16.0. The van der Waals surface area contributed by atoms with Gasteiger partial charge in [-0.2, -0.15) is 0 Å². The van der Waals surface area contributed by atoms with Crippen LogP contribution in [0, 0.1) is 0 Å². The predicted octanol–water partition coefficient (Wildman–Crippen LogP) is 5.59. The standard InChI is InChI=1S/C26H22O3/c1-3-7-19-13-21(11-9-17(19)5-1)25(23-15-27-23)29-26(24-16-28-24)22-12-10-18-6-2-4-8-20(18)14-22/h1-14,23-26H,15-16H2. The number of benzene rings is 4. The Hall–Kier alpha value is -2.72. The van der Waals surface area contributed by atoms with Crippen LogP contribution in [0.5, 0.6) is 0 Å². The molecule has 29 heavy (non-hydrogen) atoms. The average molecular weight is 382 g/mol. The summed E-state index contributed by atoms with van der Waals surface area (Å²) in [7, 11) is 0. The molecule has 0 aliphatic carbocycles. The van der Waals surface area contributed by atoms with Gasteiger partial charge >= 0.3 is 0 Å². The third kappa shape index (κ3) is 3.42. The van der Waals surface area contributed by atoms with Gasteiger partial charge in [0.1, 0.15) is 24.4 Å². The minimum atomic E-state index is -0.0970. The van der Waals surface area contributed by atoms with E-state index in [9.17, 15) is 0 Å². The number of hydrogen-bond donors (Lipinski definition) is 0. The fourth-order valence-corrected chi connectivity index (χ4v) is 4.15. The number of epoxide rings is 2. The Labute approximate surface area is 169 Å². The van der Waals surface area contributed by atoms with Gasteiger partial charge in [0.05, 0.1) is 13.2 Å². The van der Waals surface area contributed by atoms with E-state index in [0.29, 0.717) is 0 Å². The van der Waals surface area contributed by atoms with E-state index in [1.54, 1.807) is 0 Å². The SMILES string of the molecule is c1ccc2cc(C(OC(c3ccc4ccccc4c3)C3CO3)C3CO3)ccc2c1. The van der Waals surface area contributed by atoms with E-state index in [2.05, 4.69) is 84.9 Å². The lowest BCUT2D eigenvalue weighted by Crippen LogP contribution is -2.19. The molecule has 2 aliphatic rings. The van der Waals surface area contributed by atoms with Crippen LogP contribution >= 0.6 is 0 Å². The van der Waals surface area contributed by atoms with Gasteiger partial charge in [-0.25, -0.2) is 0 Å². The van der Waals surface area contributed by atoms with Crippen LogP contribution in [-0.4, -0.2) is 25.4 Å². The Morgan fingerprint density at radius 2 is 1.00 bits per heavy atom. The monoisotopic (exact) mass is 382 g/mol. The summed E-state index contributed by atoms with van der Waals surface area (Å²) in [6.07, 6.45) is 0.0243. The van der Waals surface area contributed by atoms with Gasteiger partial charge in [0, 0.05) is 0 Å². The van der Waals surface area contributed by atoms with Crippen molar-refractivity contribution in [2.24, 2.45) is 0 Å². The van der Waals surface area contributed by atoms with E-state index in [4.69, 9.17) is 14.2 Å². The Balaban J connectivity index is 1.35. The van der Waals surface area contributed by atoms with Crippen LogP contribution < -0.4 is 0 Å². The summed E-state index contributed by atoms with van der Waals surface area (Å²) in [6.45, 7) is 1.49. The molecule has 4 atom stereocenters. The molecule has 2 aliphatic heterocycles. The number of hydrogen-bond acceptors (Lipinski definition) is 3. The highest BCUT2D eigenvalue weighted by Gasteiger charge is 2.42. The second-order valence-electron chi connectivity index (χ2n) is 7.93. The van der Waals surface area contributed by atoms with Crippen molar-refractivity contribution in [2.45, 2.75) is 24.4 Å². The zero-order valence-corrected chi connectivity index (χ0v) is 16.0. The molecule has 2 saturated heterocycles. The third-order valence-corrected chi connectivity index (χ3v) is 5.89. The topological polar surface area (TPSA) is 34.3 Å². The van der Waals surface area contributed by atoms with Gasteiger partial charge in [-0.15, -0.1) is 0 Å². The van der Waals surface area contributed by atoms with Crippen molar-refractivity contribution in [1.82, 2.24) is 0 Å². The molecule has 4 aromatic rings. The molecule has 2 heterocycles. The summed E-state index contributed by atoms with van der Waals surface area (Å²) in [5.41, 5.74) is 2.33. The van der Waals surface area contributed by atoms with Gasteiger partial charge in [0.2, 0.25) is 0 Å². The van der Waals surface area contributed by atoms with Crippen molar-refractivity contribution in [3.63, 3.8) is 0 Å². The van der Waals surface area contributed by atoms with Crippen molar-refractivity contribution in [3.05, 3.63) is 96.1 Å². The van der Waals surface area contributed by atoms with Gasteiger partial charge in [-0.1, -0.05) is 72.8 Å². The van der Waals surface area contributed by atoms with Crippen molar-refractivity contribution < 1.29 is 14.2 Å². The molecule has 0 spiro atoms. The summed E-state index contributed by atoms with van der Waals surface area (Å²) in [5, 5.41) is 4.93. The quantitative estimate of drug-likeness (QED) is 0.408. The molecule has 0 radical (unpaired) electrons. The molecule has 0 amide bonds. The van der Waals surface area contributed by atoms with Crippen LogP contribution in [0.3, 0.4) is 0 Å². The second kappa shape index (κ2) is 6.96. The third-order valence-electron chi connectivity index (χ3n) is 5.89. The highest BCUT2D eigenvalue weighted by atomic mass is 16.6. The molecule has 0 N–H and O–H groups in total. The molecule has 0 aromatic heterocycles. The maximum atomic E-state index is 6.72. The molecule has 4 aromatic carbocycles. The molecule has 4 unspecified atom stereocenters. The molecule has 144 valence electrons. The molecule has 2 fully saturated rings. The normalized spacial score (nSPS) is 22.5. The van der Waals surface area contributed by atoms with Crippen molar-refractivity contribution >= 4 is 21.5 Å². The first-order valence-electron chi connectivity index (χ1n) is 10.2. The van der Waals surface area contributed by atoms with E-state index in [1.807, 2.05) is 0 Å². The summed E-state index contributed by atoms with van der Waals surface area (Å²) in [4.78, 5) is 0. The first-order valence-corrected chi connectivity index (χ1v) is 10.2. The number of rotatable bonds is 6. The van der Waals surface area contributed by atoms with Crippen LogP contribution in [0.4, 0.5) is 0 Å². The molecule has 3 heteroatoms. The summed E-state index contributed by atoms with van der Waals surface area (Å²) >= 11 is 0. The van der Waals surface area contributed by atoms with Gasteiger partial charge < -0.3 is 14.2 Å². The van der Waals surface area contributed by atoms with Crippen molar-refractivity contribution in [3.8, 4) is 0 Å². The molecule has 3 nitrogen and oxygen atoms in total. The Morgan fingerprint density at radius 3 is 1.41 bits per heavy atom. The molecule has 0 saturated carbocycles. The first kappa shape index (κ1) is 17.2. The fourth-order valence-electron chi connectivity index (χ4n) is 4.15. The van der Waals surface area contributed by atoms with Crippen LogP contribution in [0.1, 0.15) is 23.3 Å². The highest BCUT2D eigenvalue weighted by Crippen LogP contribution is 2.41. The van der Waals surface area contributed by atoms with E-state index in [1.165, 1.54) is 21.5 Å². The maximum absolute atomic E-state index is 6.72. The minimum Gasteiger partial charge on any atom is -0.370 e. The fraction of sp³-hybridized carbons (Fsp3) is 0.231. The lowest BCUT2D eigenvalue weighted by atomic mass is 9.99. The average Bonchev–Trinajstić information content (AvgIpc) is 3.68. The Bertz CT molecular complexity index is 1080. The highest BCUT2D eigenvalue weighted by molar-refractivity contribution is 5.83. The van der Waals surface area contributed by atoms with Crippen molar-refractivity contribution in [2.75, 3.05) is 13.2 Å². The Kier molecular flexibility index (Phi) is 4.12. The van der Waals surface area contributed by atoms with Gasteiger partial charge in [-0.05, 0) is 44.8 Å². The molecular formula is C26H22O3. The maximum Gasteiger partial charge on any atom is 0.112 e. The van der Waals surface area contributed by atoms with Crippen LogP contribution in [-0.2, 0) is 14.2 Å². The summed E-state index contributed by atoms with van der Waals surface area (Å²) < 4.78 is 18.1. The van der Waals surface area contributed by atoms with Gasteiger partial charge in [-0.3, -0.25) is 0 Å². The van der Waals surface area contributed by atoms with Gasteiger partial charge in [0.25, 0.3) is 0 Å². The minimum absolute atomic E-state index is 0.0970. The smallest absolute Gasteiger partial charge is 0.112 e. The van der Waals surface area contributed by atoms with Crippen LogP contribution in [0.15, 0.2) is 84.9 Å². The first-order chi connectivity index (χ1) is 14.3. The second-order valence-corrected chi connectivity index (χ2v) is 7.93. The largest absolute Gasteiger partial charge is 0.370 e. The van der Waals surface area contributed by atoms with Crippen molar-refractivity contribution in [1.29, 1.82) is 0 Å². The molecular weight excluding hydrogens is 360 g/mol. The number of ether oxygens (including phenoxy) is 3. The van der Waals surface area contributed by atoms with E-state index in [-0.39, 0.29) is 24.4 Å². The molecule has 0 bridgehead atoms. The van der Waals surface area contributed by atoms with E-state index < -0.39 is 0 Å². The van der Waals surface area contributed by atoms with Crippen LogP contribution in [0.25, 0.3) is 21.5 Å². The lowest BCUT2D eigenvalue weighted by Gasteiger charge is -2.24. The van der Waals surface area contributed by atoms with E-state index >= 15 is 0 Å². The van der Waals surface area contributed by atoms with Crippen LogP contribution in [0.2, 0.25) is 0 Å². The Morgan fingerprint density at radius 1 is 0.586 bits per heavy atom. The molecule has 6 rings (SSSR count). The zero-order chi connectivity index (χ0) is 19.2. The predicted molar refractivity (Wildman–Crippen MR) is 114 cm³/mol. The summed E-state index contributed by atoms with van der Waals surface area (Å²) in [6, 6.07) is 30.0. The number of fused-ring (bicyclic) bond motifs is 2. The summed E-state index contributed by atoms with van der Waals surface area (Å²) in [5.74, 6) is 0. The van der Waals surface area contributed by atoms with E-state index in [0.717, 1.165) is 24.3 Å².